The standard InChI is InChI=1S/C25H30N8O2/c1-27-18-7-9-33(16-18)19-4-2-17(3-5-19)20-15-29-24(26)23(30-20)25(34)31-21-14-28-8-6-22(21)32-10-12-35-13-11-32/h2-6,8,14-15,18,27H,7,9-13,16H2,1H3,(H2,26,29)(H,31,34)/t18-/m0/s1. The highest BCUT2D eigenvalue weighted by atomic mass is 16.5. The number of carbonyl (C=O) groups excluding carboxylic acids is 1. The normalized spacial score (nSPS) is 18.0. The second-order valence-corrected chi connectivity index (χ2v) is 8.70. The van der Waals surface area contributed by atoms with E-state index in [0.29, 0.717) is 30.6 Å². The number of anilines is 4. The zero-order valence-corrected chi connectivity index (χ0v) is 19.8. The number of rotatable bonds is 6. The number of nitrogens with zero attached hydrogens (tertiary/aromatic N) is 5. The zero-order valence-electron chi connectivity index (χ0n) is 19.8. The summed E-state index contributed by atoms with van der Waals surface area (Å²) >= 11 is 0. The maximum Gasteiger partial charge on any atom is 0.278 e. The minimum Gasteiger partial charge on any atom is -0.382 e. The van der Waals surface area contributed by atoms with Gasteiger partial charge in [-0.1, -0.05) is 12.1 Å². The van der Waals surface area contributed by atoms with Gasteiger partial charge in [-0.25, -0.2) is 9.97 Å². The van der Waals surface area contributed by atoms with Crippen LogP contribution in [0.25, 0.3) is 11.3 Å². The van der Waals surface area contributed by atoms with Crippen molar-refractivity contribution in [3.05, 3.63) is 54.6 Å². The van der Waals surface area contributed by atoms with Crippen molar-refractivity contribution in [2.24, 2.45) is 0 Å². The average Bonchev–Trinajstić information content (AvgIpc) is 3.39. The van der Waals surface area contributed by atoms with E-state index in [4.69, 9.17) is 10.5 Å². The van der Waals surface area contributed by atoms with Crippen LogP contribution in [0, 0.1) is 0 Å². The van der Waals surface area contributed by atoms with Crippen molar-refractivity contribution in [3.63, 3.8) is 0 Å². The molecular formula is C25H30N8O2. The van der Waals surface area contributed by atoms with Crippen LogP contribution in [0.3, 0.4) is 0 Å². The fourth-order valence-corrected chi connectivity index (χ4v) is 4.52. The molecule has 1 aromatic carbocycles. The van der Waals surface area contributed by atoms with E-state index in [1.165, 1.54) is 5.69 Å². The molecule has 2 aliphatic heterocycles. The van der Waals surface area contributed by atoms with E-state index in [0.717, 1.165) is 43.9 Å². The van der Waals surface area contributed by atoms with Crippen LogP contribution >= 0.6 is 0 Å². The molecule has 0 bridgehead atoms. The lowest BCUT2D eigenvalue weighted by Gasteiger charge is -2.30. The molecule has 4 heterocycles. The molecule has 2 aliphatic rings. The van der Waals surface area contributed by atoms with E-state index in [-0.39, 0.29) is 11.5 Å². The summed E-state index contributed by atoms with van der Waals surface area (Å²) in [6.45, 7) is 4.78. The van der Waals surface area contributed by atoms with Crippen molar-refractivity contribution in [1.82, 2.24) is 20.3 Å². The number of ether oxygens (including phenoxy) is 1. The number of nitrogens with one attached hydrogen (secondary N) is 2. The molecule has 3 aromatic rings. The Morgan fingerprint density at radius 2 is 1.89 bits per heavy atom. The van der Waals surface area contributed by atoms with Crippen LogP contribution in [0.1, 0.15) is 16.9 Å². The Bertz CT molecular complexity index is 1180. The molecule has 35 heavy (non-hydrogen) atoms. The van der Waals surface area contributed by atoms with Gasteiger partial charge in [-0.05, 0) is 31.7 Å². The van der Waals surface area contributed by atoms with E-state index >= 15 is 0 Å². The van der Waals surface area contributed by atoms with Gasteiger partial charge in [0.05, 0.1) is 42.7 Å². The molecule has 0 spiro atoms. The topological polar surface area (TPSA) is 122 Å². The van der Waals surface area contributed by atoms with Gasteiger partial charge in [0.2, 0.25) is 0 Å². The van der Waals surface area contributed by atoms with Crippen LogP contribution in [0.5, 0.6) is 0 Å². The molecule has 182 valence electrons. The van der Waals surface area contributed by atoms with Gasteiger partial charge < -0.3 is 30.9 Å². The molecule has 10 nitrogen and oxygen atoms in total. The van der Waals surface area contributed by atoms with E-state index in [9.17, 15) is 4.79 Å². The monoisotopic (exact) mass is 474 g/mol. The van der Waals surface area contributed by atoms with Crippen LogP contribution in [0.15, 0.2) is 48.9 Å². The third-order valence-electron chi connectivity index (χ3n) is 6.54. The van der Waals surface area contributed by atoms with Gasteiger partial charge in [0.25, 0.3) is 5.91 Å². The summed E-state index contributed by atoms with van der Waals surface area (Å²) in [4.78, 5) is 30.7. The smallest absolute Gasteiger partial charge is 0.278 e. The Morgan fingerprint density at radius 3 is 2.63 bits per heavy atom. The lowest BCUT2D eigenvalue weighted by atomic mass is 10.1. The van der Waals surface area contributed by atoms with Gasteiger partial charge in [0.1, 0.15) is 0 Å². The van der Waals surface area contributed by atoms with Gasteiger partial charge >= 0.3 is 0 Å². The Labute approximate surface area is 204 Å². The number of amides is 1. The number of likely N-dealkylation sites (N-methyl/N-ethyl adjacent to an activating group) is 1. The fourth-order valence-electron chi connectivity index (χ4n) is 4.52. The zero-order chi connectivity index (χ0) is 24.2. The van der Waals surface area contributed by atoms with Gasteiger partial charge in [-0.3, -0.25) is 9.78 Å². The van der Waals surface area contributed by atoms with Crippen molar-refractivity contribution < 1.29 is 9.53 Å². The second-order valence-electron chi connectivity index (χ2n) is 8.70. The van der Waals surface area contributed by atoms with Crippen LogP contribution in [-0.2, 0) is 4.74 Å². The Kier molecular flexibility index (Phi) is 6.73. The molecule has 2 aromatic heterocycles. The van der Waals surface area contributed by atoms with Crippen molar-refractivity contribution in [2.75, 3.05) is 67.3 Å². The van der Waals surface area contributed by atoms with Crippen LogP contribution in [0.4, 0.5) is 22.9 Å². The molecule has 0 radical (unpaired) electrons. The lowest BCUT2D eigenvalue weighted by Crippen LogP contribution is -2.36. The number of pyridine rings is 1. The highest BCUT2D eigenvalue weighted by molar-refractivity contribution is 6.07. The molecule has 0 aliphatic carbocycles. The highest BCUT2D eigenvalue weighted by Crippen LogP contribution is 2.28. The number of hydrogen-bond donors (Lipinski definition) is 3. The number of hydrogen-bond acceptors (Lipinski definition) is 9. The summed E-state index contributed by atoms with van der Waals surface area (Å²) < 4.78 is 5.44. The average molecular weight is 475 g/mol. The Balaban J connectivity index is 1.34. The predicted octanol–water partition coefficient (Wildman–Crippen LogP) is 2.01. The summed E-state index contributed by atoms with van der Waals surface area (Å²) in [5.74, 6) is -0.346. The number of aromatic nitrogens is 3. The summed E-state index contributed by atoms with van der Waals surface area (Å²) in [5.41, 5.74) is 10.2. The third-order valence-corrected chi connectivity index (χ3v) is 6.54. The lowest BCUT2D eigenvalue weighted by molar-refractivity contribution is 0.102. The van der Waals surface area contributed by atoms with Gasteiger partial charge in [-0.15, -0.1) is 0 Å². The summed E-state index contributed by atoms with van der Waals surface area (Å²) in [5, 5.41) is 6.26. The van der Waals surface area contributed by atoms with Gasteiger partial charge in [-0.2, -0.15) is 0 Å². The molecular weight excluding hydrogens is 444 g/mol. The predicted molar refractivity (Wildman–Crippen MR) is 137 cm³/mol. The molecule has 0 unspecified atom stereocenters. The summed E-state index contributed by atoms with van der Waals surface area (Å²) in [6, 6.07) is 10.6. The SMILES string of the molecule is CN[C@H]1CCN(c2ccc(-c3cnc(N)c(C(=O)Nc4cnccc4N4CCOCC4)n3)cc2)C1. The van der Waals surface area contributed by atoms with Crippen LogP contribution < -0.4 is 26.2 Å². The number of nitrogens with two attached hydrogens (primary N) is 1. The van der Waals surface area contributed by atoms with Crippen molar-refractivity contribution >= 4 is 28.8 Å². The van der Waals surface area contributed by atoms with E-state index in [1.807, 2.05) is 25.2 Å². The first-order valence-corrected chi connectivity index (χ1v) is 11.9. The largest absolute Gasteiger partial charge is 0.382 e. The van der Waals surface area contributed by atoms with Gasteiger partial charge in [0, 0.05) is 49.7 Å². The Morgan fingerprint density at radius 1 is 1.09 bits per heavy atom. The minimum absolute atomic E-state index is 0.0786. The molecule has 10 heteroatoms. The second kappa shape index (κ2) is 10.2. The first kappa shape index (κ1) is 23.0. The highest BCUT2D eigenvalue weighted by Gasteiger charge is 2.22. The first-order chi connectivity index (χ1) is 17.1. The maximum atomic E-state index is 13.2. The first-order valence-electron chi connectivity index (χ1n) is 11.9. The molecule has 4 N–H and O–H groups in total. The number of carbonyl (C=O) groups is 1. The molecule has 0 saturated carbocycles. The van der Waals surface area contributed by atoms with Crippen molar-refractivity contribution in [1.29, 1.82) is 0 Å². The molecule has 1 amide bonds. The maximum absolute atomic E-state index is 13.2. The minimum atomic E-state index is -0.425. The fraction of sp³-hybridized carbons (Fsp3) is 0.360. The molecule has 1 atom stereocenters. The summed E-state index contributed by atoms with van der Waals surface area (Å²) in [7, 11) is 2.00. The Hall–Kier alpha value is -3.76. The number of morpholine rings is 1. The summed E-state index contributed by atoms with van der Waals surface area (Å²) in [6.07, 6.45) is 6.06. The quantitative estimate of drug-likeness (QED) is 0.492. The molecule has 2 saturated heterocycles. The van der Waals surface area contributed by atoms with Gasteiger partial charge in [0.15, 0.2) is 11.5 Å². The third kappa shape index (κ3) is 5.03. The van der Waals surface area contributed by atoms with Crippen molar-refractivity contribution in [3.8, 4) is 11.3 Å². The molecule has 5 rings (SSSR count). The van der Waals surface area contributed by atoms with Crippen LogP contribution in [0.2, 0.25) is 0 Å². The number of nitrogen functional groups attached to an aromatic ring is 1. The van der Waals surface area contributed by atoms with Crippen molar-refractivity contribution in [2.45, 2.75) is 12.5 Å². The molecule has 2 fully saturated rings. The van der Waals surface area contributed by atoms with E-state index in [2.05, 4.69) is 47.5 Å². The number of benzene rings is 1. The van der Waals surface area contributed by atoms with E-state index < -0.39 is 5.91 Å². The van der Waals surface area contributed by atoms with E-state index in [1.54, 1.807) is 18.6 Å². The van der Waals surface area contributed by atoms with Crippen LogP contribution in [-0.4, -0.2) is 73.3 Å².